The third-order valence-electron chi connectivity index (χ3n) is 10.4. The van der Waals surface area contributed by atoms with Crippen molar-refractivity contribution in [2.45, 2.75) is 70.8 Å². The number of nitrogens with two attached hydrogens (primary N) is 1. The van der Waals surface area contributed by atoms with Crippen molar-refractivity contribution in [1.82, 2.24) is 10.6 Å². The highest BCUT2D eigenvalue weighted by atomic mass is 16.2. The zero-order valence-electron chi connectivity index (χ0n) is 27.8. The number of piperidine rings is 1. The van der Waals surface area contributed by atoms with Gasteiger partial charge in [-0.05, 0) is 130 Å². The van der Waals surface area contributed by atoms with Gasteiger partial charge in [0.2, 0.25) is 11.8 Å². The molecule has 6 rings (SSSR count). The molecule has 6 N–H and O–H groups in total. The number of nitrogens with one attached hydrogen (secondary N) is 4. The third kappa shape index (κ3) is 8.20. The molecule has 3 aliphatic rings. The van der Waals surface area contributed by atoms with E-state index in [1.807, 2.05) is 61.5 Å². The van der Waals surface area contributed by atoms with Gasteiger partial charge in [-0.2, -0.15) is 0 Å². The molecule has 0 spiro atoms. The number of fused-ring (bicyclic) bond motifs is 1. The molecule has 0 aromatic heterocycles. The summed E-state index contributed by atoms with van der Waals surface area (Å²) in [4.78, 5) is 52.0. The Labute approximate surface area is 282 Å². The van der Waals surface area contributed by atoms with Crippen molar-refractivity contribution < 1.29 is 19.2 Å². The Bertz CT molecular complexity index is 1660. The van der Waals surface area contributed by atoms with E-state index in [1.54, 1.807) is 6.07 Å². The highest BCUT2D eigenvalue weighted by Crippen LogP contribution is 2.32. The molecule has 2 heterocycles. The fourth-order valence-corrected chi connectivity index (χ4v) is 7.39. The molecule has 0 unspecified atom stereocenters. The van der Waals surface area contributed by atoms with Crippen LogP contribution in [0.2, 0.25) is 0 Å². The molecule has 1 atom stereocenters. The topological polar surface area (TPSA) is 142 Å². The Morgan fingerprint density at radius 1 is 0.917 bits per heavy atom. The molecule has 3 aromatic rings. The maximum atomic E-state index is 13.7. The summed E-state index contributed by atoms with van der Waals surface area (Å²) >= 11 is 0. The average molecular weight is 650 g/mol. The predicted octanol–water partition coefficient (Wildman–Crippen LogP) is 5.16. The van der Waals surface area contributed by atoms with Gasteiger partial charge in [0.1, 0.15) is 5.78 Å². The summed E-state index contributed by atoms with van der Waals surface area (Å²) in [5.41, 5.74) is 12.8. The summed E-state index contributed by atoms with van der Waals surface area (Å²) in [6.07, 6.45) is 6.37. The number of carbonyl (C=O) groups excluding carboxylic acids is 4. The number of benzene rings is 3. The van der Waals surface area contributed by atoms with Crippen LogP contribution >= 0.6 is 0 Å². The first kappa shape index (κ1) is 33.6. The summed E-state index contributed by atoms with van der Waals surface area (Å²) in [6.45, 7) is 4.52. The first-order valence-corrected chi connectivity index (χ1v) is 17.4. The van der Waals surface area contributed by atoms with Gasteiger partial charge in [0.15, 0.2) is 0 Å². The maximum Gasteiger partial charge on any atom is 0.251 e. The van der Waals surface area contributed by atoms with Crippen LogP contribution in [0.15, 0.2) is 60.7 Å². The van der Waals surface area contributed by atoms with Crippen LogP contribution in [0.1, 0.15) is 72.0 Å². The number of carbonyl (C=O) groups is 4. The molecule has 0 radical (unpaired) electrons. The lowest BCUT2D eigenvalue weighted by atomic mass is 9.77. The zero-order chi connectivity index (χ0) is 33.6. The van der Waals surface area contributed by atoms with Gasteiger partial charge in [-0.3, -0.25) is 19.2 Å². The van der Waals surface area contributed by atoms with Crippen molar-refractivity contribution in [3.8, 4) is 11.1 Å². The molecule has 3 amide bonds. The van der Waals surface area contributed by atoms with Crippen molar-refractivity contribution in [3.05, 3.63) is 82.9 Å². The van der Waals surface area contributed by atoms with E-state index in [2.05, 4.69) is 21.3 Å². The summed E-state index contributed by atoms with van der Waals surface area (Å²) in [7, 11) is 0. The normalized spacial score (nSPS) is 20.0. The number of hydrogen-bond acceptors (Lipinski definition) is 6. The minimum Gasteiger partial charge on any atom is -0.349 e. The van der Waals surface area contributed by atoms with E-state index in [-0.39, 0.29) is 41.9 Å². The first-order chi connectivity index (χ1) is 23.2. The SMILES string of the molecule is Cc1cc(C(=O)NC2CCNCC2)ccc1-c1ccc(C[C@H](CC(=O)C2CCC(CN)CC2)C(=O)Nc2ccc3c(c2)NC(=O)C3)cc1. The average Bonchev–Trinajstić information content (AvgIpc) is 3.48. The molecule has 2 fully saturated rings. The number of hydrogen-bond donors (Lipinski definition) is 5. The molecule has 1 saturated heterocycles. The van der Waals surface area contributed by atoms with Crippen LogP contribution in [0, 0.1) is 24.7 Å². The minimum absolute atomic E-state index is 0.0339. The second kappa shape index (κ2) is 15.3. The van der Waals surface area contributed by atoms with E-state index in [0.717, 1.165) is 79.4 Å². The Morgan fingerprint density at radius 2 is 1.67 bits per heavy atom. The molecule has 1 saturated carbocycles. The van der Waals surface area contributed by atoms with E-state index in [0.29, 0.717) is 42.2 Å². The van der Waals surface area contributed by atoms with Crippen molar-refractivity contribution >= 4 is 34.9 Å². The molecule has 2 aliphatic heterocycles. The Hall–Kier alpha value is -4.34. The van der Waals surface area contributed by atoms with Gasteiger partial charge in [-0.25, -0.2) is 0 Å². The summed E-state index contributed by atoms with van der Waals surface area (Å²) < 4.78 is 0. The zero-order valence-corrected chi connectivity index (χ0v) is 27.8. The minimum atomic E-state index is -0.544. The van der Waals surface area contributed by atoms with E-state index in [1.165, 1.54) is 0 Å². The molecular formula is C39H47N5O4. The largest absolute Gasteiger partial charge is 0.349 e. The molecule has 3 aromatic carbocycles. The van der Waals surface area contributed by atoms with Gasteiger partial charge in [0, 0.05) is 41.2 Å². The molecular weight excluding hydrogens is 602 g/mol. The van der Waals surface area contributed by atoms with Crippen molar-refractivity contribution in [3.63, 3.8) is 0 Å². The lowest BCUT2D eigenvalue weighted by Crippen LogP contribution is -2.42. The van der Waals surface area contributed by atoms with Gasteiger partial charge in [0.25, 0.3) is 5.91 Å². The monoisotopic (exact) mass is 649 g/mol. The number of amides is 3. The molecule has 9 heteroatoms. The van der Waals surface area contributed by atoms with Crippen LogP contribution in [0.4, 0.5) is 11.4 Å². The van der Waals surface area contributed by atoms with Crippen LogP contribution in [-0.2, 0) is 27.2 Å². The van der Waals surface area contributed by atoms with Gasteiger partial charge in [-0.1, -0.05) is 36.4 Å². The second-order valence-corrected chi connectivity index (χ2v) is 13.8. The standard InChI is InChI=1S/C39H47N5O4/c1-24-18-30(38(47)42-32-14-16-41-17-15-32)11-13-34(24)27-6-2-25(3-7-27)19-31(20-36(45)28-8-4-26(23-40)5-9-28)39(48)43-33-12-10-29-21-37(46)44-35(29)22-33/h2-3,6-7,10-13,18,22,26,28,31-32,41H,4-5,8-9,14-17,19-21,23,40H2,1H3,(H,42,47)(H,43,48)(H,44,46)/t26?,28?,31-/m1/s1. The first-order valence-electron chi connectivity index (χ1n) is 17.4. The Morgan fingerprint density at radius 3 is 2.38 bits per heavy atom. The van der Waals surface area contributed by atoms with Gasteiger partial charge in [0.05, 0.1) is 6.42 Å². The number of ketones is 1. The van der Waals surface area contributed by atoms with Gasteiger partial charge >= 0.3 is 0 Å². The van der Waals surface area contributed by atoms with E-state index in [4.69, 9.17) is 5.73 Å². The second-order valence-electron chi connectivity index (χ2n) is 13.8. The van der Waals surface area contributed by atoms with Crippen LogP contribution in [0.3, 0.4) is 0 Å². The van der Waals surface area contributed by atoms with E-state index in [9.17, 15) is 19.2 Å². The predicted molar refractivity (Wildman–Crippen MR) is 189 cm³/mol. The van der Waals surface area contributed by atoms with E-state index >= 15 is 0 Å². The molecule has 1 aliphatic carbocycles. The van der Waals surface area contributed by atoms with Crippen molar-refractivity contribution in [2.24, 2.45) is 23.5 Å². The molecule has 0 bridgehead atoms. The molecule has 252 valence electrons. The quantitative estimate of drug-likeness (QED) is 0.194. The summed E-state index contributed by atoms with van der Waals surface area (Å²) in [6, 6.07) is 19.6. The number of aryl methyl sites for hydroxylation is 1. The summed E-state index contributed by atoms with van der Waals surface area (Å²) in [5, 5.41) is 12.3. The fourth-order valence-electron chi connectivity index (χ4n) is 7.39. The van der Waals surface area contributed by atoms with Crippen molar-refractivity contribution in [1.29, 1.82) is 0 Å². The Balaban J connectivity index is 1.14. The highest BCUT2D eigenvalue weighted by Gasteiger charge is 2.30. The van der Waals surface area contributed by atoms with E-state index < -0.39 is 5.92 Å². The highest BCUT2D eigenvalue weighted by molar-refractivity contribution is 6.01. The smallest absolute Gasteiger partial charge is 0.251 e. The van der Waals surface area contributed by atoms with Crippen LogP contribution in [0.25, 0.3) is 11.1 Å². The van der Waals surface area contributed by atoms with Gasteiger partial charge in [-0.15, -0.1) is 0 Å². The van der Waals surface area contributed by atoms with Crippen LogP contribution < -0.4 is 27.0 Å². The van der Waals surface area contributed by atoms with Crippen LogP contribution in [0.5, 0.6) is 0 Å². The molecule has 48 heavy (non-hydrogen) atoms. The third-order valence-corrected chi connectivity index (χ3v) is 10.4. The number of Topliss-reactive ketones (excluding diaryl/α,β-unsaturated/α-hetero) is 1. The van der Waals surface area contributed by atoms with Gasteiger partial charge < -0.3 is 27.0 Å². The lowest BCUT2D eigenvalue weighted by Gasteiger charge is -2.27. The number of anilines is 2. The summed E-state index contributed by atoms with van der Waals surface area (Å²) in [5.74, 6) is -0.267. The van der Waals surface area contributed by atoms with Crippen molar-refractivity contribution in [2.75, 3.05) is 30.3 Å². The van der Waals surface area contributed by atoms with Crippen LogP contribution in [-0.4, -0.2) is 49.2 Å². The Kier molecular flexibility index (Phi) is 10.7. The fraction of sp³-hybridized carbons (Fsp3) is 0.436. The number of rotatable bonds is 11. The molecule has 9 nitrogen and oxygen atoms in total. The lowest BCUT2D eigenvalue weighted by molar-refractivity contribution is -0.129. The maximum absolute atomic E-state index is 13.7.